The van der Waals surface area contributed by atoms with Gasteiger partial charge in [0.05, 0.1) is 21.7 Å². The molecule has 0 amide bonds. The van der Waals surface area contributed by atoms with Crippen LogP contribution in [-0.2, 0) is 6.61 Å². The minimum atomic E-state index is 0.424. The Labute approximate surface area is 150 Å². The molecule has 0 bridgehead atoms. The van der Waals surface area contributed by atoms with Crippen molar-refractivity contribution >= 4 is 23.2 Å². The molecule has 0 N–H and O–H groups in total. The molecule has 24 heavy (non-hydrogen) atoms. The highest BCUT2D eigenvalue weighted by Gasteiger charge is 2.02. The molecule has 0 saturated carbocycles. The maximum Gasteiger partial charge on any atom is 0.119 e. The van der Waals surface area contributed by atoms with Crippen LogP contribution in [-0.4, -0.2) is 0 Å². The molecule has 0 aliphatic rings. The van der Waals surface area contributed by atoms with E-state index < -0.39 is 0 Å². The summed E-state index contributed by atoms with van der Waals surface area (Å²) in [7, 11) is 0. The van der Waals surface area contributed by atoms with Crippen LogP contribution in [0.25, 0.3) is 11.1 Å². The van der Waals surface area contributed by atoms with Crippen molar-refractivity contribution in [3.63, 3.8) is 0 Å². The van der Waals surface area contributed by atoms with E-state index in [0.717, 1.165) is 22.4 Å². The Kier molecular flexibility index (Phi) is 5.05. The average molecular weight is 354 g/mol. The van der Waals surface area contributed by atoms with E-state index in [4.69, 9.17) is 33.2 Å². The maximum atomic E-state index is 8.84. The van der Waals surface area contributed by atoms with Crippen molar-refractivity contribution in [2.45, 2.75) is 6.61 Å². The third kappa shape index (κ3) is 3.89. The van der Waals surface area contributed by atoms with Gasteiger partial charge in [0.15, 0.2) is 0 Å². The third-order valence-electron chi connectivity index (χ3n) is 3.59. The lowest BCUT2D eigenvalue weighted by Crippen LogP contribution is -1.95. The first-order valence-corrected chi connectivity index (χ1v) is 8.08. The minimum absolute atomic E-state index is 0.424. The van der Waals surface area contributed by atoms with E-state index in [9.17, 15) is 0 Å². The smallest absolute Gasteiger partial charge is 0.119 e. The number of benzene rings is 3. The van der Waals surface area contributed by atoms with Gasteiger partial charge in [0.2, 0.25) is 0 Å². The molecule has 0 aromatic heterocycles. The summed E-state index contributed by atoms with van der Waals surface area (Å²) in [5, 5.41) is 9.90. The molecule has 118 valence electrons. The maximum absolute atomic E-state index is 8.84. The van der Waals surface area contributed by atoms with Crippen molar-refractivity contribution in [3.05, 3.63) is 87.9 Å². The topological polar surface area (TPSA) is 33.0 Å². The molecule has 0 spiro atoms. The van der Waals surface area contributed by atoms with E-state index in [-0.39, 0.29) is 0 Å². The Bertz CT molecular complexity index is 881. The normalized spacial score (nSPS) is 10.2. The second-order valence-corrected chi connectivity index (χ2v) is 6.07. The highest BCUT2D eigenvalue weighted by Crippen LogP contribution is 2.25. The highest BCUT2D eigenvalue weighted by molar-refractivity contribution is 6.42. The third-order valence-corrected chi connectivity index (χ3v) is 4.33. The first-order chi connectivity index (χ1) is 11.7. The molecule has 0 radical (unpaired) electrons. The summed E-state index contributed by atoms with van der Waals surface area (Å²) in [4.78, 5) is 0. The quantitative estimate of drug-likeness (QED) is 0.566. The van der Waals surface area contributed by atoms with Crippen LogP contribution in [0.5, 0.6) is 5.75 Å². The Hall–Kier alpha value is -2.47. The molecular formula is C20H13Cl2NO. The fourth-order valence-electron chi connectivity index (χ4n) is 2.28. The Morgan fingerprint density at radius 3 is 2.00 bits per heavy atom. The minimum Gasteiger partial charge on any atom is -0.489 e. The summed E-state index contributed by atoms with van der Waals surface area (Å²) in [5.74, 6) is 0.776. The summed E-state index contributed by atoms with van der Waals surface area (Å²) in [6.45, 7) is 0.424. The molecule has 0 unspecified atom stereocenters. The van der Waals surface area contributed by atoms with Crippen LogP contribution in [0.3, 0.4) is 0 Å². The van der Waals surface area contributed by atoms with Gasteiger partial charge in [0.1, 0.15) is 12.4 Å². The second kappa shape index (κ2) is 7.40. The molecule has 0 fully saturated rings. The van der Waals surface area contributed by atoms with Crippen molar-refractivity contribution in [3.8, 4) is 22.9 Å². The van der Waals surface area contributed by atoms with Gasteiger partial charge in [-0.2, -0.15) is 5.26 Å². The van der Waals surface area contributed by atoms with Gasteiger partial charge in [0.25, 0.3) is 0 Å². The van der Waals surface area contributed by atoms with Gasteiger partial charge in [-0.1, -0.05) is 53.5 Å². The number of hydrogen-bond donors (Lipinski definition) is 0. The van der Waals surface area contributed by atoms with E-state index in [1.54, 1.807) is 12.1 Å². The van der Waals surface area contributed by atoms with E-state index in [0.29, 0.717) is 22.2 Å². The zero-order valence-electron chi connectivity index (χ0n) is 12.7. The fraction of sp³-hybridized carbons (Fsp3) is 0.0500. The van der Waals surface area contributed by atoms with Gasteiger partial charge < -0.3 is 4.74 Å². The molecule has 0 aliphatic carbocycles. The Morgan fingerprint density at radius 1 is 0.792 bits per heavy atom. The Balaban J connectivity index is 1.67. The monoisotopic (exact) mass is 353 g/mol. The van der Waals surface area contributed by atoms with Crippen molar-refractivity contribution in [1.82, 2.24) is 0 Å². The van der Waals surface area contributed by atoms with Gasteiger partial charge in [-0.05, 0) is 53.1 Å². The van der Waals surface area contributed by atoms with E-state index in [1.165, 1.54) is 0 Å². The van der Waals surface area contributed by atoms with E-state index in [2.05, 4.69) is 6.07 Å². The lowest BCUT2D eigenvalue weighted by molar-refractivity contribution is 0.306. The highest BCUT2D eigenvalue weighted by atomic mass is 35.5. The van der Waals surface area contributed by atoms with Gasteiger partial charge in [-0.25, -0.2) is 0 Å². The molecular weight excluding hydrogens is 341 g/mol. The average Bonchev–Trinajstić information content (AvgIpc) is 2.63. The predicted octanol–water partition coefficient (Wildman–Crippen LogP) is 6.11. The molecule has 3 rings (SSSR count). The largest absolute Gasteiger partial charge is 0.489 e. The van der Waals surface area contributed by atoms with Gasteiger partial charge in [0, 0.05) is 0 Å². The van der Waals surface area contributed by atoms with Crippen molar-refractivity contribution < 1.29 is 4.74 Å². The molecule has 2 nitrogen and oxygen atoms in total. The van der Waals surface area contributed by atoms with E-state index in [1.807, 2.05) is 54.6 Å². The van der Waals surface area contributed by atoms with Gasteiger partial charge in [-0.3, -0.25) is 0 Å². The predicted molar refractivity (Wildman–Crippen MR) is 97.4 cm³/mol. The summed E-state index contributed by atoms with van der Waals surface area (Å²) in [5.41, 5.74) is 3.74. The second-order valence-electron chi connectivity index (χ2n) is 5.25. The summed E-state index contributed by atoms with van der Waals surface area (Å²) in [6.07, 6.45) is 0. The van der Waals surface area contributed by atoms with Crippen LogP contribution >= 0.6 is 23.2 Å². The molecule has 3 aromatic rings. The SMILES string of the molecule is N#Cc1ccc(-c2ccc(OCc3ccc(Cl)c(Cl)c3)cc2)cc1. The lowest BCUT2D eigenvalue weighted by Gasteiger charge is -2.08. The fourth-order valence-corrected chi connectivity index (χ4v) is 2.60. The van der Waals surface area contributed by atoms with Crippen molar-refractivity contribution in [2.24, 2.45) is 0 Å². The molecule has 4 heteroatoms. The summed E-state index contributed by atoms with van der Waals surface area (Å²) in [6, 6.07) is 22.9. The molecule has 0 heterocycles. The number of ether oxygens (including phenoxy) is 1. The van der Waals surface area contributed by atoms with Crippen LogP contribution < -0.4 is 4.74 Å². The molecule has 3 aromatic carbocycles. The molecule has 0 atom stereocenters. The molecule has 0 saturated heterocycles. The Morgan fingerprint density at radius 2 is 1.42 bits per heavy atom. The van der Waals surface area contributed by atoms with Crippen LogP contribution in [0.15, 0.2) is 66.7 Å². The van der Waals surface area contributed by atoms with Crippen LogP contribution in [0, 0.1) is 11.3 Å². The van der Waals surface area contributed by atoms with E-state index >= 15 is 0 Å². The zero-order valence-corrected chi connectivity index (χ0v) is 14.2. The van der Waals surface area contributed by atoms with Crippen molar-refractivity contribution in [2.75, 3.05) is 0 Å². The first kappa shape index (κ1) is 16.4. The number of rotatable bonds is 4. The first-order valence-electron chi connectivity index (χ1n) is 7.33. The lowest BCUT2D eigenvalue weighted by atomic mass is 10.0. The standard InChI is InChI=1S/C20H13Cl2NO/c21-19-10-3-15(11-20(19)22)13-24-18-8-6-17(7-9-18)16-4-1-14(12-23)2-5-16/h1-11H,13H2. The summed E-state index contributed by atoms with van der Waals surface area (Å²) >= 11 is 11.9. The summed E-state index contributed by atoms with van der Waals surface area (Å²) < 4.78 is 5.77. The van der Waals surface area contributed by atoms with Gasteiger partial charge in [-0.15, -0.1) is 0 Å². The number of hydrogen-bond acceptors (Lipinski definition) is 2. The number of nitrogens with zero attached hydrogens (tertiary/aromatic N) is 1. The van der Waals surface area contributed by atoms with Crippen LogP contribution in [0.1, 0.15) is 11.1 Å². The van der Waals surface area contributed by atoms with Crippen LogP contribution in [0.4, 0.5) is 0 Å². The van der Waals surface area contributed by atoms with Gasteiger partial charge >= 0.3 is 0 Å². The number of halogens is 2. The van der Waals surface area contributed by atoms with Crippen LogP contribution in [0.2, 0.25) is 10.0 Å². The van der Waals surface area contributed by atoms with Crippen molar-refractivity contribution in [1.29, 1.82) is 5.26 Å². The zero-order chi connectivity index (χ0) is 16.9. The molecule has 0 aliphatic heterocycles. The number of nitriles is 1.